The highest BCUT2D eigenvalue weighted by atomic mass is 16.5. The number of nitrogens with one attached hydrogen (secondary N) is 1. The topological polar surface area (TPSA) is 58.6 Å². The molecule has 0 unspecified atom stereocenters. The van der Waals surface area contributed by atoms with Gasteiger partial charge in [0.2, 0.25) is 0 Å². The van der Waals surface area contributed by atoms with Gasteiger partial charge in [0.15, 0.2) is 0 Å². The van der Waals surface area contributed by atoms with Crippen LogP contribution in [0.15, 0.2) is 48.5 Å². The molecule has 0 saturated carbocycles. The summed E-state index contributed by atoms with van der Waals surface area (Å²) in [5.41, 5.74) is 2.59. The van der Waals surface area contributed by atoms with Crippen LogP contribution in [-0.4, -0.2) is 23.5 Å². The Balaban J connectivity index is 1.84. The highest BCUT2D eigenvalue weighted by Crippen LogP contribution is 2.35. The number of anilines is 2. The predicted octanol–water partition coefficient (Wildman–Crippen LogP) is 3.99. The van der Waals surface area contributed by atoms with E-state index in [1.54, 1.807) is 17.0 Å². The van der Waals surface area contributed by atoms with Crippen molar-refractivity contribution in [3.8, 4) is 0 Å². The number of esters is 1. The van der Waals surface area contributed by atoms with Gasteiger partial charge in [-0.05, 0) is 57.5 Å². The maximum Gasteiger partial charge on any atom is 0.338 e. The van der Waals surface area contributed by atoms with Crippen molar-refractivity contribution in [2.24, 2.45) is 0 Å². The molecule has 1 amide bonds. The van der Waals surface area contributed by atoms with Gasteiger partial charge in [0.05, 0.1) is 29.6 Å². The fourth-order valence-corrected chi connectivity index (χ4v) is 3.02. The number of hydrogen-bond acceptors (Lipinski definition) is 4. The Hall–Kier alpha value is -2.82. The molecule has 1 N–H and O–H groups in total. The van der Waals surface area contributed by atoms with E-state index in [2.05, 4.69) is 5.32 Å². The number of ether oxygens (including phenoxy) is 1. The fraction of sp³-hybridized carbons (Fsp3) is 0.333. The minimum Gasteiger partial charge on any atom is -0.459 e. The van der Waals surface area contributed by atoms with Gasteiger partial charge in [-0.2, -0.15) is 0 Å². The number of rotatable bonds is 4. The van der Waals surface area contributed by atoms with Crippen molar-refractivity contribution in [2.45, 2.75) is 45.9 Å². The SMILES string of the molecule is CC(C)OC(=O)c1ccc(CN2C(=O)C(C)(C)Nc3ccccc32)cc1. The summed E-state index contributed by atoms with van der Waals surface area (Å²) in [5, 5.41) is 3.29. The third-order valence-corrected chi connectivity index (χ3v) is 4.29. The Morgan fingerprint density at radius 1 is 1.12 bits per heavy atom. The van der Waals surface area contributed by atoms with Crippen LogP contribution in [0.1, 0.15) is 43.6 Å². The van der Waals surface area contributed by atoms with E-state index in [0.717, 1.165) is 16.9 Å². The van der Waals surface area contributed by atoms with Crippen LogP contribution >= 0.6 is 0 Å². The van der Waals surface area contributed by atoms with E-state index >= 15 is 0 Å². The van der Waals surface area contributed by atoms with Gasteiger partial charge in [-0.3, -0.25) is 4.79 Å². The summed E-state index contributed by atoms with van der Waals surface area (Å²) >= 11 is 0. The molecule has 5 nitrogen and oxygen atoms in total. The molecule has 5 heteroatoms. The molecule has 0 atom stereocenters. The lowest BCUT2D eigenvalue weighted by Crippen LogP contribution is -2.53. The van der Waals surface area contributed by atoms with Gasteiger partial charge in [0.25, 0.3) is 5.91 Å². The number of carbonyl (C=O) groups is 2. The Morgan fingerprint density at radius 2 is 1.77 bits per heavy atom. The summed E-state index contributed by atoms with van der Waals surface area (Å²) in [6, 6.07) is 15.0. The van der Waals surface area contributed by atoms with Gasteiger partial charge < -0.3 is 15.0 Å². The zero-order valence-corrected chi connectivity index (χ0v) is 15.6. The van der Waals surface area contributed by atoms with Crippen molar-refractivity contribution in [1.82, 2.24) is 0 Å². The van der Waals surface area contributed by atoms with E-state index in [-0.39, 0.29) is 18.0 Å². The minimum atomic E-state index is -0.671. The molecule has 0 saturated heterocycles. The molecular weight excluding hydrogens is 328 g/mol. The monoisotopic (exact) mass is 352 g/mol. The van der Waals surface area contributed by atoms with Crippen molar-refractivity contribution >= 4 is 23.3 Å². The molecule has 26 heavy (non-hydrogen) atoms. The van der Waals surface area contributed by atoms with Gasteiger partial charge in [0.1, 0.15) is 5.54 Å². The van der Waals surface area contributed by atoms with Crippen LogP contribution in [0.4, 0.5) is 11.4 Å². The largest absolute Gasteiger partial charge is 0.459 e. The molecule has 0 spiro atoms. The number of para-hydroxylation sites is 2. The van der Waals surface area contributed by atoms with Crippen LogP contribution in [0.25, 0.3) is 0 Å². The number of carbonyl (C=O) groups excluding carboxylic acids is 2. The quantitative estimate of drug-likeness (QED) is 0.846. The number of benzene rings is 2. The highest BCUT2D eigenvalue weighted by molar-refractivity contribution is 6.07. The molecule has 0 radical (unpaired) electrons. The summed E-state index contributed by atoms with van der Waals surface area (Å²) in [4.78, 5) is 26.6. The number of hydrogen-bond donors (Lipinski definition) is 1. The normalized spacial score (nSPS) is 15.4. The van der Waals surface area contributed by atoms with E-state index < -0.39 is 5.54 Å². The van der Waals surface area contributed by atoms with Crippen molar-refractivity contribution in [2.75, 3.05) is 10.2 Å². The lowest BCUT2D eigenvalue weighted by molar-refractivity contribution is -0.122. The van der Waals surface area contributed by atoms with Gasteiger partial charge in [-0.25, -0.2) is 4.79 Å². The number of nitrogens with zero attached hydrogens (tertiary/aromatic N) is 1. The Morgan fingerprint density at radius 3 is 2.42 bits per heavy atom. The molecule has 136 valence electrons. The number of fused-ring (bicyclic) bond motifs is 1. The third kappa shape index (κ3) is 3.57. The molecule has 3 rings (SSSR count). The zero-order valence-electron chi connectivity index (χ0n) is 15.6. The smallest absolute Gasteiger partial charge is 0.338 e. The first-order valence-corrected chi connectivity index (χ1v) is 8.77. The Kier molecular flexibility index (Phi) is 4.72. The first-order chi connectivity index (χ1) is 12.3. The third-order valence-electron chi connectivity index (χ3n) is 4.29. The van der Waals surface area contributed by atoms with Crippen molar-refractivity contribution in [3.05, 3.63) is 59.7 Å². The molecule has 2 aromatic rings. The van der Waals surface area contributed by atoms with Crippen molar-refractivity contribution in [1.29, 1.82) is 0 Å². The summed E-state index contributed by atoms with van der Waals surface area (Å²) < 4.78 is 5.21. The van der Waals surface area contributed by atoms with Crippen molar-refractivity contribution in [3.63, 3.8) is 0 Å². The Labute approximate surface area is 154 Å². The van der Waals surface area contributed by atoms with E-state index in [9.17, 15) is 9.59 Å². The van der Waals surface area contributed by atoms with Gasteiger partial charge in [-0.15, -0.1) is 0 Å². The lowest BCUT2D eigenvalue weighted by atomic mass is 9.97. The molecule has 2 aromatic carbocycles. The standard InChI is InChI=1S/C21H24N2O3/c1-14(2)26-19(24)16-11-9-15(10-12-16)13-23-18-8-6-5-7-17(18)22-21(3,4)20(23)25/h5-12,14,22H,13H2,1-4H3. The van der Waals surface area contributed by atoms with E-state index in [1.165, 1.54) is 0 Å². The van der Waals surface area contributed by atoms with Gasteiger partial charge >= 0.3 is 5.97 Å². The van der Waals surface area contributed by atoms with E-state index in [1.807, 2.05) is 64.1 Å². The molecule has 1 aliphatic heterocycles. The van der Waals surface area contributed by atoms with Crippen LogP contribution in [0, 0.1) is 0 Å². The minimum absolute atomic E-state index is 0.0134. The second kappa shape index (κ2) is 6.83. The molecule has 1 aliphatic rings. The van der Waals surface area contributed by atoms with Crippen LogP contribution < -0.4 is 10.2 Å². The average molecular weight is 352 g/mol. The second-order valence-electron chi connectivity index (χ2n) is 7.31. The number of amides is 1. The molecule has 1 heterocycles. The Bertz CT molecular complexity index is 825. The van der Waals surface area contributed by atoms with E-state index in [4.69, 9.17) is 4.74 Å². The molecule has 0 aliphatic carbocycles. The average Bonchev–Trinajstić information content (AvgIpc) is 2.58. The van der Waals surface area contributed by atoms with Crippen molar-refractivity contribution < 1.29 is 14.3 Å². The highest BCUT2D eigenvalue weighted by Gasteiger charge is 2.38. The maximum absolute atomic E-state index is 12.9. The maximum atomic E-state index is 12.9. The summed E-state index contributed by atoms with van der Waals surface area (Å²) in [6.07, 6.45) is -0.153. The van der Waals surface area contributed by atoms with Crippen LogP contribution in [-0.2, 0) is 16.1 Å². The van der Waals surface area contributed by atoms with Gasteiger partial charge in [-0.1, -0.05) is 24.3 Å². The van der Waals surface area contributed by atoms with E-state index in [0.29, 0.717) is 12.1 Å². The summed E-state index contributed by atoms with van der Waals surface area (Å²) in [5.74, 6) is -0.323. The zero-order chi connectivity index (χ0) is 18.9. The summed E-state index contributed by atoms with van der Waals surface area (Å²) in [7, 11) is 0. The van der Waals surface area contributed by atoms with Gasteiger partial charge in [0, 0.05) is 0 Å². The van der Waals surface area contributed by atoms with Crippen LogP contribution in [0.3, 0.4) is 0 Å². The lowest BCUT2D eigenvalue weighted by Gasteiger charge is -2.40. The molecular formula is C21H24N2O3. The predicted molar refractivity (Wildman–Crippen MR) is 102 cm³/mol. The molecule has 0 aromatic heterocycles. The van der Waals surface area contributed by atoms with Crippen LogP contribution in [0.2, 0.25) is 0 Å². The first kappa shape index (κ1) is 18.0. The molecule has 0 bridgehead atoms. The fourth-order valence-electron chi connectivity index (χ4n) is 3.02. The second-order valence-corrected chi connectivity index (χ2v) is 7.31. The summed E-state index contributed by atoms with van der Waals surface area (Å²) in [6.45, 7) is 7.84. The van der Waals surface area contributed by atoms with Crippen LogP contribution in [0.5, 0.6) is 0 Å². The molecule has 0 fully saturated rings. The first-order valence-electron chi connectivity index (χ1n) is 8.77.